The number of hydrogen-bond donors (Lipinski definition) is 1. The predicted molar refractivity (Wildman–Crippen MR) is 104 cm³/mol. The number of ether oxygens (including phenoxy) is 2. The Labute approximate surface area is 159 Å². The third kappa shape index (κ3) is 4.87. The molecular formula is C20H26N4O3. The van der Waals surface area contributed by atoms with Crippen molar-refractivity contribution in [1.82, 2.24) is 14.9 Å². The Hall–Kier alpha value is -2.83. The highest BCUT2D eigenvalue weighted by molar-refractivity contribution is 5.70. The van der Waals surface area contributed by atoms with Gasteiger partial charge in [0.05, 0.1) is 12.8 Å². The second-order valence-corrected chi connectivity index (χ2v) is 7.57. The minimum atomic E-state index is -0.491. The van der Waals surface area contributed by atoms with Gasteiger partial charge in [0, 0.05) is 43.3 Å². The van der Waals surface area contributed by atoms with Gasteiger partial charge in [0.2, 0.25) is 5.88 Å². The number of anilines is 1. The highest BCUT2D eigenvalue weighted by Crippen LogP contribution is 2.29. The van der Waals surface area contributed by atoms with Crippen LogP contribution in [0.15, 0.2) is 36.8 Å². The number of rotatable bonds is 4. The molecule has 1 saturated heterocycles. The van der Waals surface area contributed by atoms with Crippen LogP contribution in [0, 0.1) is 0 Å². The Balaban J connectivity index is 1.71. The van der Waals surface area contributed by atoms with E-state index in [0.29, 0.717) is 19.0 Å². The molecule has 1 fully saturated rings. The molecule has 0 bridgehead atoms. The Bertz CT molecular complexity index is 790. The summed E-state index contributed by atoms with van der Waals surface area (Å²) in [6.45, 7) is 6.86. The van der Waals surface area contributed by atoms with E-state index in [1.165, 1.54) is 0 Å². The summed E-state index contributed by atoms with van der Waals surface area (Å²) in [6, 6.07) is 6.00. The van der Waals surface area contributed by atoms with E-state index in [9.17, 15) is 4.79 Å². The number of amides is 1. The fraction of sp³-hybridized carbons (Fsp3) is 0.450. The zero-order valence-electron chi connectivity index (χ0n) is 16.2. The molecule has 1 aliphatic rings. The molecule has 3 heterocycles. The van der Waals surface area contributed by atoms with Crippen LogP contribution in [-0.4, -0.2) is 52.8 Å². The Morgan fingerprint density at radius 2 is 2.00 bits per heavy atom. The monoisotopic (exact) mass is 370 g/mol. The standard InChI is InChI=1S/C20H26N4O3/c1-20(2,3)27-19(25)24-10-7-16(13-24)23-17-11-15(12-22-18(17)26-4)14-5-8-21-9-6-14/h5-6,8-9,11-12,16,23H,7,10,13H2,1-4H3. The molecule has 0 aromatic carbocycles. The third-order valence-corrected chi connectivity index (χ3v) is 4.26. The molecule has 7 nitrogen and oxygen atoms in total. The molecule has 0 radical (unpaired) electrons. The SMILES string of the molecule is COc1ncc(-c2ccncc2)cc1NC1CCN(C(=O)OC(C)(C)C)C1. The quantitative estimate of drug-likeness (QED) is 0.887. The number of nitrogens with one attached hydrogen (secondary N) is 1. The summed E-state index contributed by atoms with van der Waals surface area (Å²) in [5.74, 6) is 0.531. The lowest BCUT2D eigenvalue weighted by Crippen LogP contribution is -2.36. The van der Waals surface area contributed by atoms with Gasteiger partial charge in [-0.1, -0.05) is 0 Å². The summed E-state index contributed by atoms with van der Waals surface area (Å²) in [4.78, 5) is 22.4. The maximum absolute atomic E-state index is 12.3. The summed E-state index contributed by atoms with van der Waals surface area (Å²) < 4.78 is 10.9. The number of pyridine rings is 2. The number of carbonyl (C=O) groups is 1. The molecule has 1 aliphatic heterocycles. The van der Waals surface area contributed by atoms with Crippen LogP contribution in [-0.2, 0) is 4.74 Å². The Morgan fingerprint density at radius 3 is 2.67 bits per heavy atom. The maximum atomic E-state index is 12.3. The normalized spacial score (nSPS) is 16.9. The molecule has 1 atom stereocenters. The van der Waals surface area contributed by atoms with E-state index in [-0.39, 0.29) is 12.1 Å². The highest BCUT2D eigenvalue weighted by atomic mass is 16.6. The summed E-state index contributed by atoms with van der Waals surface area (Å²) in [7, 11) is 1.60. The van der Waals surface area contributed by atoms with Gasteiger partial charge in [0.1, 0.15) is 5.60 Å². The van der Waals surface area contributed by atoms with Crippen molar-refractivity contribution < 1.29 is 14.3 Å². The van der Waals surface area contributed by atoms with Gasteiger partial charge < -0.3 is 19.7 Å². The molecule has 144 valence electrons. The second kappa shape index (κ2) is 7.82. The Kier molecular flexibility index (Phi) is 5.48. The van der Waals surface area contributed by atoms with Crippen molar-refractivity contribution in [3.8, 4) is 17.0 Å². The largest absolute Gasteiger partial charge is 0.480 e. The van der Waals surface area contributed by atoms with Crippen molar-refractivity contribution >= 4 is 11.8 Å². The minimum Gasteiger partial charge on any atom is -0.480 e. The molecule has 0 spiro atoms. The topological polar surface area (TPSA) is 76.6 Å². The average molecular weight is 370 g/mol. The molecule has 0 saturated carbocycles. The summed E-state index contributed by atoms with van der Waals surface area (Å²) in [5.41, 5.74) is 2.32. The molecule has 7 heteroatoms. The Morgan fingerprint density at radius 1 is 1.26 bits per heavy atom. The fourth-order valence-corrected chi connectivity index (χ4v) is 3.01. The van der Waals surface area contributed by atoms with E-state index < -0.39 is 5.60 Å². The summed E-state index contributed by atoms with van der Waals surface area (Å²) >= 11 is 0. The van der Waals surface area contributed by atoms with Crippen LogP contribution in [0.3, 0.4) is 0 Å². The van der Waals surface area contributed by atoms with Crippen molar-refractivity contribution in [2.75, 3.05) is 25.5 Å². The van der Waals surface area contributed by atoms with Crippen LogP contribution in [0.5, 0.6) is 5.88 Å². The maximum Gasteiger partial charge on any atom is 0.410 e. The molecule has 1 unspecified atom stereocenters. The molecule has 1 amide bonds. The van der Waals surface area contributed by atoms with Gasteiger partial charge in [-0.25, -0.2) is 9.78 Å². The van der Waals surface area contributed by atoms with Crippen LogP contribution in [0.1, 0.15) is 27.2 Å². The first kappa shape index (κ1) is 18.9. The molecule has 0 aliphatic carbocycles. The van der Waals surface area contributed by atoms with Gasteiger partial charge >= 0.3 is 6.09 Å². The van der Waals surface area contributed by atoms with E-state index in [1.807, 2.05) is 39.0 Å². The predicted octanol–water partition coefficient (Wildman–Crippen LogP) is 3.57. The van der Waals surface area contributed by atoms with Crippen molar-refractivity contribution in [3.63, 3.8) is 0 Å². The molecule has 3 rings (SSSR count). The van der Waals surface area contributed by atoms with E-state index in [0.717, 1.165) is 23.2 Å². The summed E-state index contributed by atoms with van der Waals surface area (Å²) in [6.07, 6.45) is 5.84. The van der Waals surface area contributed by atoms with E-state index >= 15 is 0 Å². The van der Waals surface area contributed by atoms with Crippen molar-refractivity contribution in [1.29, 1.82) is 0 Å². The van der Waals surface area contributed by atoms with Gasteiger partial charge in [-0.15, -0.1) is 0 Å². The lowest BCUT2D eigenvalue weighted by atomic mass is 10.1. The second-order valence-electron chi connectivity index (χ2n) is 7.57. The van der Waals surface area contributed by atoms with Crippen molar-refractivity contribution in [2.45, 2.75) is 38.8 Å². The molecule has 27 heavy (non-hydrogen) atoms. The van der Waals surface area contributed by atoms with Gasteiger partial charge in [0.15, 0.2) is 0 Å². The van der Waals surface area contributed by atoms with Gasteiger partial charge in [-0.05, 0) is 51.0 Å². The lowest BCUT2D eigenvalue weighted by molar-refractivity contribution is 0.0293. The van der Waals surface area contributed by atoms with Crippen molar-refractivity contribution in [3.05, 3.63) is 36.8 Å². The van der Waals surface area contributed by atoms with Gasteiger partial charge in [0.25, 0.3) is 0 Å². The van der Waals surface area contributed by atoms with E-state index in [2.05, 4.69) is 15.3 Å². The van der Waals surface area contributed by atoms with Crippen LogP contribution in [0.4, 0.5) is 10.5 Å². The lowest BCUT2D eigenvalue weighted by Gasteiger charge is -2.24. The molecule has 1 N–H and O–H groups in total. The first-order valence-electron chi connectivity index (χ1n) is 9.04. The van der Waals surface area contributed by atoms with Crippen LogP contribution >= 0.6 is 0 Å². The van der Waals surface area contributed by atoms with Crippen molar-refractivity contribution in [2.24, 2.45) is 0 Å². The number of hydrogen-bond acceptors (Lipinski definition) is 6. The van der Waals surface area contributed by atoms with Crippen LogP contribution in [0.2, 0.25) is 0 Å². The number of carbonyl (C=O) groups excluding carboxylic acids is 1. The van der Waals surface area contributed by atoms with Gasteiger partial charge in [-0.2, -0.15) is 0 Å². The smallest absolute Gasteiger partial charge is 0.410 e. The molecule has 2 aromatic rings. The highest BCUT2D eigenvalue weighted by Gasteiger charge is 2.30. The fourth-order valence-electron chi connectivity index (χ4n) is 3.01. The first-order valence-corrected chi connectivity index (χ1v) is 9.04. The number of likely N-dealkylation sites (tertiary alicyclic amines) is 1. The summed E-state index contributed by atoms with van der Waals surface area (Å²) in [5, 5.41) is 3.47. The van der Waals surface area contributed by atoms with E-state index in [1.54, 1.807) is 30.6 Å². The number of aromatic nitrogens is 2. The average Bonchev–Trinajstić information content (AvgIpc) is 3.10. The minimum absolute atomic E-state index is 0.112. The number of nitrogens with zero attached hydrogens (tertiary/aromatic N) is 3. The van der Waals surface area contributed by atoms with Gasteiger partial charge in [-0.3, -0.25) is 4.98 Å². The third-order valence-electron chi connectivity index (χ3n) is 4.26. The molecular weight excluding hydrogens is 344 g/mol. The molecule has 2 aromatic heterocycles. The zero-order chi connectivity index (χ0) is 19.4. The number of methoxy groups -OCH3 is 1. The van der Waals surface area contributed by atoms with E-state index in [4.69, 9.17) is 9.47 Å². The zero-order valence-corrected chi connectivity index (χ0v) is 16.2. The first-order chi connectivity index (χ1) is 12.9. The van der Waals surface area contributed by atoms with Crippen LogP contribution < -0.4 is 10.1 Å². The van der Waals surface area contributed by atoms with Crippen LogP contribution in [0.25, 0.3) is 11.1 Å².